The zero-order valence-corrected chi connectivity index (χ0v) is 19.3. The number of benzene rings is 3. The summed E-state index contributed by atoms with van der Waals surface area (Å²) < 4.78 is 7.04. The average Bonchev–Trinajstić information content (AvgIpc) is 3.26. The topological polar surface area (TPSA) is 13.7 Å². The Kier molecular flexibility index (Phi) is 3.86. The molecule has 0 aliphatic rings. The number of hydrogen-bond acceptors (Lipinski definition) is 0. The van der Waals surface area contributed by atoms with Crippen molar-refractivity contribution in [1.29, 1.82) is 0 Å². The van der Waals surface area contributed by atoms with E-state index in [-0.39, 0.29) is 5.41 Å². The van der Waals surface area contributed by atoms with Crippen LogP contribution in [0.5, 0.6) is 0 Å². The Morgan fingerprint density at radius 1 is 0.750 bits per heavy atom. The van der Waals surface area contributed by atoms with Gasteiger partial charge in [-0.1, -0.05) is 63.2 Å². The minimum atomic E-state index is 0.121. The van der Waals surface area contributed by atoms with Crippen molar-refractivity contribution in [3.05, 3.63) is 84.6 Å². The van der Waals surface area contributed by atoms with Gasteiger partial charge in [-0.05, 0) is 46.7 Å². The third-order valence-electron chi connectivity index (χ3n) is 6.88. The summed E-state index contributed by atoms with van der Waals surface area (Å²) in [4.78, 5) is 0. The van der Waals surface area contributed by atoms with E-state index in [1.807, 2.05) is 0 Å². The van der Waals surface area contributed by atoms with Crippen LogP contribution >= 0.6 is 0 Å². The van der Waals surface area contributed by atoms with Gasteiger partial charge in [-0.25, -0.2) is 4.57 Å². The first-order valence-corrected chi connectivity index (χ1v) is 11.3. The highest BCUT2D eigenvalue weighted by Gasteiger charge is 2.28. The maximum absolute atomic E-state index is 2.45. The van der Waals surface area contributed by atoms with Gasteiger partial charge in [0.2, 0.25) is 5.65 Å². The molecule has 0 radical (unpaired) electrons. The second-order valence-corrected chi connectivity index (χ2v) is 9.93. The van der Waals surface area contributed by atoms with Crippen LogP contribution in [0.1, 0.15) is 26.3 Å². The zero-order chi connectivity index (χ0) is 22.2. The van der Waals surface area contributed by atoms with E-state index >= 15 is 0 Å². The largest absolute Gasteiger partial charge is 0.311 e. The molecule has 158 valence electrons. The molecule has 0 unspecified atom stereocenters. The first-order chi connectivity index (χ1) is 15.4. The number of nitrogens with zero attached hydrogens (tertiary/aromatic N) is 3. The molecule has 0 atom stereocenters. The van der Waals surface area contributed by atoms with Crippen LogP contribution in [0.2, 0.25) is 0 Å². The molecule has 0 saturated carbocycles. The molecule has 0 N–H and O–H groups in total. The highest BCUT2D eigenvalue weighted by atomic mass is 15.2. The molecule has 0 spiro atoms. The molecule has 0 saturated heterocycles. The average molecular weight is 419 g/mol. The highest BCUT2D eigenvalue weighted by Crippen LogP contribution is 2.39. The van der Waals surface area contributed by atoms with Crippen molar-refractivity contribution in [2.45, 2.75) is 26.2 Å². The summed E-state index contributed by atoms with van der Waals surface area (Å²) in [6.45, 7) is 6.82. The Labute approximate surface area is 188 Å². The van der Waals surface area contributed by atoms with Crippen molar-refractivity contribution in [2.24, 2.45) is 14.1 Å². The molecule has 3 heterocycles. The fraction of sp³-hybridized carbons (Fsp3) is 0.207. The molecule has 3 aromatic carbocycles. The minimum absolute atomic E-state index is 0.121. The summed E-state index contributed by atoms with van der Waals surface area (Å²) >= 11 is 0. The van der Waals surface area contributed by atoms with E-state index in [0.29, 0.717) is 0 Å². The van der Waals surface area contributed by atoms with Crippen LogP contribution in [0.15, 0.2) is 79.0 Å². The van der Waals surface area contributed by atoms with Crippen LogP contribution in [0.25, 0.3) is 49.4 Å². The number of aryl methyl sites for hydroxylation is 2. The van der Waals surface area contributed by atoms with Crippen molar-refractivity contribution in [2.75, 3.05) is 0 Å². The van der Waals surface area contributed by atoms with E-state index in [4.69, 9.17) is 0 Å². The predicted molar refractivity (Wildman–Crippen MR) is 135 cm³/mol. The SMILES string of the molecule is Cn1c2ccccc2c2c3ccccc3n(-c3c4ccc(C(C)(C)C)cc4cc[n+]3C)c21. The molecular formula is C29H28N3+. The van der Waals surface area contributed by atoms with Gasteiger partial charge >= 0.3 is 0 Å². The van der Waals surface area contributed by atoms with E-state index in [1.54, 1.807) is 0 Å². The van der Waals surface area contributed by atoms with Crippen molar-refractivity contribution < 1.29 is 4.57 Å². The standard InChI is InChI=1S/C29H28N3/c1-29(2,3)20-14-15-21-19(18-20)16-17-30(4)27(21)32-25-13-9-7-11-23(25)26-22-10-6-8-12-24(22)31(5)28(26)32/h6-18H,1-5H3/q+1. The zero-order valence-electron chi connectivity index (χ0n) is 19.3. The third kappa shape index (κ3) is 2.51. The molecule has 0 fully saturated rings. The van der Waals surface area contributed by atoms with Crippen molar-refractivity contribution in [3.8, 4) is 5.82 Å². The molecule has 0 aliphatic carbocycles. The fourth-order valence-corrected chi connectivity index (χ4v) is 5.22. The molecular weight excluding hydrogens is 390 g/mol. The Bertz CT molecular complexity index is 1670. The van der Waals surface area contributed by atoms with Gasteiger partial charge in [-0.2, -0.15) is 4.57 Å². The number of rotatable bonds is 1. The fourth-order valence-electron chi connectivity index (χ4n) is 5.22. The van der Waals surface area contributed by atoms with Gasteiger partial charge in [-0.3, -0.25) is 0 Å². The van der Waals surface area contributed by atoms with Crippen LogP contribution in [-0.2, 0) is 19.5 Å². The van der Waals surface area contributed by atoms with E-state index in [0.717, 1.165) is 0 Å². The molecule has 32 heavy (non-hydrogen) atoms. The van der Waals surface area contributed by atoms with Crippen molar-refractivity contribution >= 4 is 43.6 Å². The molecule has 3 nitrogen and oxygen atoms in total. The smallest absolute Gasteiger partial charge is 0.295 e. The van der Waals surface area contributed by atoms with Crippen LogP contribution in [0.4, 0.5) is 0 Å². The summed E-state index contributed by atoms with van der Waals surface area (Å²) in [7, 11) is 4.33. The molecule has 0 amide bonds. The molecule has 6 aromatic rings. The summed E-state index contributed by atoms with van der Waals surface area (Å²) in [5.74, 6) is 1.19. The lowest BCUT2D eigenvalue weighted by Crippen LogP contribution is -2.33. The lowest BCUT2D eigenvalue weighted by atomic mass is 9.86. The Balaban J connectivity index is 1.82. The Hall–Kier alpha value is -3.59. The van der Waals surface area contributed by atoms with Gasteiger partial charge in [0.05, 0.1) is 29.5 Å². The van der Waals surface area contributed by atoms with E-state index in [2.05, 4.69) is 128 Å². The van der Waals surface area contributed by atoms with Crippen molar-refractivity contribution in [1.82, 2.24) is 9.13 Å². The summed E-state index contributed by atoms with van der Waals surface area (Å²) in [6.07, 6.45) is 2.19. The Morgan fingerprint density at radius 2 is 1.41 bits per heavy atom. The van der Waals surface area contributed by atoms with Gasteiger partial charge in [0.25, 0.3) is 5.82 Å². The maximum Gasteiger partial charge on any atom is 0.295 e. The quantitative estimate of drug-likeness (QED) is 0.269. The summed E-state index contributed by atoms with van der Waals surface area (Å²) in [5, 5.41) is 6.45. The van der Waals surface area contributed by atoms with Gasteiger partial charge in [0.1, 0.15) is 5.52 Å². The van der Waals surface area contributed by atoms with Gasteiger partial charge < -0.3 is 4.57 Å². The van der Waals surface area contributed by atoms with E-state index in [9.17, 15) is 0 Å². The van der Waals surface area contributed by atoms with Gasteiger partial charge in [0, 0.05) is 17.8 Å². The van der Waals surface area contributed by atoms with Crippen molar-refractivity contribution in [3.63, 3.8) is 0 Å². The predicted octanol–water partition coefficient (Wildman–Crippen LogP) is 6.55. The minimum Gasteiger partial charge on any atom is -0.311 e. The monoisotopic (exact) mass is 418 g/mol. The number of pyridine rings is 1. The van der Waals surface area contributed by atoms with Gasteiger partial charge in [-0.15, -0.1) is 0 Å². The first-order valence-electron chi connectivity index (χ1n) is 11.3. The number of hydrogen-bond donors (Lipinski definition) is 0. The van der Waals surface area contributed by atoms with E-state index in [1.165, 1.54) is 55.0 Å². The lowest BCUT2D eigenvalue weighted by Gasteiger charge is -2.19. The molecule has 6 rings (SSSR count). The molecule has 3 heteroatoms. The number of aromatic nitrogens is 3. The van der Waals surface area contributed by atoms with Crippen LogP contribution < -0.4 is 4.57 Å². The van der Waals surface area contributed by atoms with Crippen LogP contribution in [0, 0.1) is 0 Å². The van der Waals surface area contributed by atoms with Crippen LogP contribution in [-0.4, -0.2) is 9.13 Å². The number of para-hydroxylation sites is 2. The molecule has 0 bridgehead atoms. The number of fused-ring (bicyclic) bond motifs is 6. The molecule has 3 aromatic heterocycles. The normalized spacial score (nSPS) is 12.5. The van der Waals surface area contributed by atoms with E-state index < -0.39 is 0 Å². The second kappa shape index (κ2) is 6.46. The lowest BCUT2D eigenvalue weighted by molar-refractivity contribution is -0.664. The first kappa shape index (κ1) is 19.1. The summed E-state index contributed by atoms with van der Waals surface area (Å²) in [5.41, 5.74) is 5.21. The Morgan fingerprint density at radius 3 is 2.12 bits per heavy atom. The second-order valence-electron chi connectivity index (χ2n) is 9.93. The van der Waals surface area contributed by atoms with Crippen LogP contribution in [0.3, 0.4) is 0 Å². The maximum atomic E-state index is 2.45. The van der Waals surface area contributed by atoms with Gasteiger partial charge in [0.15, 0.2) is 0 Å². The highest BCUT2D eigenvalue weighted by molar-refractivity contribution is 6.22. The summed E-state index contributed by atoms with van der Waals surface area (Å²) in [6, 6.07) is 26.7. The molecule has 0 aliphatic heterocycles. The third-order valence-corrected chi connectivity index (χ3v) is 6.88.